The lowest BCUT2D eigenvalue weighted by Crippen LogP contribution is -1.88. The van der Waals surface area contributed by atoms with Gasteiger partial charge < -0.3 is 0 Å². The monoisotopic (exact) mass is 313 g/mol. The van der Waals surface area contributed by atoms with Gasteiger partial charge in [0, 0.05) is 11.6 Å². The van der Waals surface area contributed by atoms with Crippen molar-refractivity contribution in [3.05, 3.63) is 64.7 Å². The summed E-state index contributed by atoms with van der Waals surface area (Å²) < 4.78 is 27.5. The van der Waals surface area contributed by atoms with Crippen molar-refractivity contribution in [2.75, 3.05) is 0 Å². The molecule has 0 heterocycles. The van der Waals surface area contributed by atoms with Crippen molar-refractivity contribution in [2.45, 2.75) is 19.8 Å². The van der Waals surface area contributed by atoms with Crippen LogP contribution in [0.15, 0.2) is 41.4 Å². The minimum atomic E-state index is -0.679. The molecule has 0 aliphatic rings. The fourth-order valence-corrected chi connectivity index (χ4v) is 2.05. The summed E-state index contributed by atoms with van der Waals surface area (Å²) in [5, 5.41) is 2.01. The number of halogens is 2. The molecule has 0 bridgehead atoms. The third kappa shape index (κ3) is 4.08. The van der Waals surface area contributed by atoms with Crippen molar-refractivity contribution in [1.82, 2.24) is 0 Å². The predicted molar refractivity (Wildman–Crippen MR) is 87.5 cm³/mol. The van der Waals surface area contributed by atoms with Crippen LogP contribution in [-0.4, -0.2) is 5.16 Å². The second-order valence-electron chi connectivity index (χ2n) is 4.68. The number of hydrogen-bond donors (Lipinski definition) is 0. The molecule has 0 spiro atoms. The third-order valence-corrected chi connectivity index (χ3v) is 3.13. The number of thiocarbonyl (C=S) groups is 1. The van der Waals surface area contributed by atoms with Gasteiger partial charge in [0.25, 0.3) is 0 Å². The second kappa shape index (κ2) is 7.61. The standard InChI is InChI=1S/C18H13F2NS/c1-2-3-13-4-6-14(7-5-13)8-9-15-10-17(20)18(21-12-22)11-16(15)19/h4-7,10-11H,2-3H2,1H3. The van der Waals surface area contributed by atoms with Gasteiger partial charge in [-0.05, 0) is 42.4 Å². The van der Waals surface area contributed by atoms with E-state index in [1.54, 1.807) is 0 Å². The van der Waals surface area contributed by atoms with E-state index in [-0.39, 0.29) is 11.3 Å². The largest absolute Gasteiger partial charge is 0.206 e. The number of nitrogens with zero attached hydrogens (tertiary/aromatic N) is 1. The van der Waals surface area contributed by atoms with E-state index in [9.17, 15) is 8.78 Å². The lowest BCUT2D eigenvalue weighted by Gasteiger charge is -1.99. The van der Waals surface area contributed by atoms with E-state index in [0.717, 1.165) is 30.5 Å². The van der Waals surface area contributed by atoms with Crippen molar-refractivity contribution in [1.29, 1.82) is 0 Å². The van der Waals surface area contributed by atoms with Crippen LogP contribution in [0.5, 0.6) is 0 Å². The highest BCUT2D eigenvalue weighted by Crippen LogP contribution is 2.21. The lowest BCUT2D eigenvalue weighted by atomic mass is 10.1. The minimum Gasteiger partial charge on any atom is -0.206 e. The van der Waals surface area contributed by atoms with E-state index < -0.39 is 11.6 Å². The highest BCUT2D eigenvalue weighted by atomic mass is 32.1. The molecule has 0 aliphatic heterocycles. The lowest BCUT2D eigenvalue weighted by molar-refractivity contribution is 0.599. The molecule has 2 aromatic rings. The highest BCUT2D eigenvalue weighted by Gasteiger charge is 2.07. The molecular formula is C18H13F2NS. The molecule has 110 valence electrons. The van der Waals surface area contributed by atoms with Crippen LogP contribution >= 0.6 is 12.2 Å². The van der Waals surface area contributed by atoms with Crippen molar-refractivity contribution in [3.8, 4) is 11.8 Å². The van der Waals surface area contributed by atoms with Gasteiger partial charge in [-0.25, -0.2) is 8.78 Å². The van der Waals surface area contributed by atoms with Crippen molar-refractivity contribution >= 4 is 23.1 Å². The Hall–Kier alpha value is -2.34. The highest BCUT2D eigenvalue weighted by molar-refractivity contribution is 7.78. The maximum absolute atomic E-state index is 13.8. The molecule has 0 fully saturated rings. The summed E-state index contributed by atoms with van der Waals surface area (Å²) in [7, 11) is 0. The summed E-state index contributed by atoms with van der Waals surface area (Å²) in [5.74, 6) is 4.15. The van der Waals surface area contributed by atoms with E-state index in [1.165, 1.54) is 5.56 Å². The quantitative estimate of drug-likeness (QED) is 0.439. The van der Waals surface area contributed by atoms with Crippen LogP contribution in [0.1, 0.15) is 30.0 Å². The van der Waals surface area contributed by atoms with Crippen LogP contribution in [0.25, 0.3) is 0 Å². The molecule has 0 saturated carbocycles. The van der Waals surface area contributed by atoms with Crippen molar-refractivity contribution < 1.29 is 8.78 Å². The van der Waals surface area contributed by atoms with Gasteiger partial charge in [-0.3, -0.25) is 0 Å². The Bertz CT molecular complexity index is 779. The summed E-state index contributed by atoms with van der Waals surface area (Å²) in [4.78, 5) is 3.46. The van der Waals surface area contributed by atoms with E-state index in [2.05, 4.69) is 36.0 Å². The van der Waals surface area contributed by atoms with Gasteiger partial charge in [0.2, 0.25) is 0 Å². The minimum absolute atomic E-state index is 0.0153. The van der Waals surface area contributed by atoms with Crippen molar-refractivity contribution in [3.63, 3.8) is 0 Å². The molecular weight excluding hydrogens is 300 g/mol. The molecule has 4 heteroatoms. The molecule has 0 radical (unpaired) electrons. The molecule has 22 heavy (non-hydrogen) atoms. The number of aliphatic imine (C=N–C) groups is 1. The number of rotatable bonds is 3. The van der Waals surface area contributed by atoms with Crippen LogP contribution in [0.3, 0.4) is 0 Å². The SMILES string of the molecule is CCCc1ccc(C#Cc2cc(F)c(N=C=S)cc2F)cc1. The normalized spacial score (nSPS) is 9.59. The first-order valence-corrected chi connectivity index (χ1v) is 7.22. The van der Waals surface area contributed by atoms with Gasteiger partial charge in [0.05, 0.1) is 10.7 Å². The zero-order valence-corrected chi connectivity index (χ0v) is 12.8. The zero-order chi connectivity index (χ0) is 15.9. The second-order valence-corrected chi connectivity index (χ2v) is 4.87. The molecule has 0 amide bonds. The average Bonchev–Trinajstić information content (AvgIpc) is 2.51. The molecule has 0 N–H and O–H groups in total. The number of isothiocyanates is 1. The smallest absolute Gasteiger partial charge is 0.151 e. The fourth-order valence-electron chi connectivity index (χ4n) is 1.95. The Labute approximate surface area is 133 Å². The molecule has 2 rings (SSSR count). The number of benzene rings is 2. The van der Waals surface area contributed by atoms with Crippen LogP contribution in [-0.2, 0) is 6.42 Å². The maximum Gasteiger partial charge on any atom is 0.151 e. The summed E-state index contributed by atoms with van der Waals surface area (Å²) >= 11 is 4.38. The van der Waals surface area contributed by atoms with E-state index in [1.807, 2.05) is 29.4 Å². The van der Waals surface area contributed by atoms with Crippen LogP contribution in [0.4, 0.5) is 14.5 Å². The number of aryl methyl sites for hydroxylation is 1. The third-order valence-electron chi connectivity index (χ3n) is 3.04. The summed E-state index contributed by atoms with van der Waals surface area (Å²) in [6.07, 6.45) is 2.08. The number of hydrogen-bond acceptors (Lipinski definition) is 2. The zero-order valence-electron chi connectivity index (χ0n) is 12.0. The average molecular weight is 313 g/mol. The Morgan fingerprint density at radius 2 is 1.77 bits per heavy atom. The van der Waals surface area contributed by atoms with E-state index in [4.69, 9.17) is 0 Å². The van der Waals surface area contributed by atoms with Gasteiger partial charge >= 0.3 is 0 Å². The maximum atomic E-state index is 13.8. The summed E-state index contributed by atoms with van der Waals surface area (Å²) in [6.45, 7) is 2.11. The first-order chi connectivity index (χ1) is 10.6. The fraction of sp³-hybridized carbons (Fsp3) is 0.167. The van der Waals surface area contributed by atoms with Gasteiger partial charge in [0.1, 0.15) is 11.5 Å². The Kier molecular flexibility index (Phi) is 5.55. The molecule has 0 unspecified atom stereocenters. The Balaban J connectivity index is 2.28. The van der Waals surface area contributed by atoms with Crippen LogP contribution in [0, 0.1) is 23.5 Å². The van der Waals surface area contributed by atoms with Crippen LogP contribution in [0.2, 0.25) is 0 Å². The van der Waals surface area contributed by atoms with Crippen LogP contribution < -0.4 is 0 Å². The first-order valence-electron chi connectivity index (χ1n) is 6.82. The first kappa shape index (κ1) is 16.0. The molecule has 1 nitrogen and oxygen atoms in total. The van der Waals surface area contributed by atoms with Gasteiger partial charge in [-0.1, -0.05) is 37.3 Å². The molecule has 0 saturated heterocycles. The van der Waals surface area contributed by atoms with E-state index in [0.29, 0.717) is 0 Å². The van der Waals surface area contributed by atoms with Gasteiger partial charge in [-0.2, -0.15) is 4.99 Å². The van der Waals surface area contributed by atoms with E-state index >= 15 is 0 Å². The topological polar surface area (TPSA) is 12.4 Å². The van der Waals surface area contributed by atoms with Crippen molar-refractivity contribution in [2.24, 2.45) is 4.99 Å². The van der Waals surface area contributed by atoms with Gasteiger partial charge in [-0.15, -0.1) is 0 Å². The summed E-state index contributed by atoms with van der Waals surface area (Å²) in [5.41, 5.74) is 1.79. The van der Waals surface area contributed by atoms with Gasteiger partial charge in [0.15, 0.2) is 5.82 Å². The molecule has 0 atom stereocenters. The summed E-state index contributed by atoms with van der Waals surface area (Å²) in [6, 6.07) is 9.69. The molecule has 0 aromatic heterocycles. The molecule has 0 aliphatic carbocycles. The Morgan fingerprint density at radius 1 is 1.05 bits per heavy atom. The Morgan fingerprint density at radius 3 is 2.41 bits per heavy atom. The predicted octanol–water partition coefficient (Wildman–Crippen LogP) is 5.05. The molecule has 2 aromatic carbocycles.